The van der Waals surface area contributed by atoms with Gasteiger partial charge in [0, 0.05) is 62.4 Å². The highest BCUT2D eigenvalue weighted by Crippen LogP contribution is 2.29. The smallest absolute Gasteiger partial charge is 0.168 e. The summed E-state index contributed by atoms with van der Waals surface area (Å²) in [7, 11) is 4.07. The molecule has 0 fully saturated rings. The molecule has 0 radical (unpaired) electrons. The van der Waals surface area contributed by atoms with Gasteiger partial charge in [-0.3, -0.25) is 4.57 Å². The third-order valence-electron chi connectivity index (χ3n) is 8.20. The minimum atomic E-state index is 0.293. The van der Waals surface area contributed by atoms with E-state index in [-0.39, 0.29) is 0 Å². The zero-order valence-electron chi connectivity index (χ0n) is 32.3. The molecule has 2 N–H and O–H groups in total. The first-order valence-corrected chi connectivity index (χ1v) is 20.7. The van der Waals surface area contributed by atoms with Crippen LogP contribution < -0.4 is 10.6 Å². The molecule has 7 aromatic carbocycles. The van der Waals surface area contributed by atoms with Gasteiger partial charge in [-0.25, -0.2) is 0 Å². The number of nitrogens with two attached hydrogens (primary N) is 1. The highest BCUT2D eigenvalue weighted by Gasteiger charge is 2.16. The first-order valence-electron chi connectivity index (χ1n) is 18.3. The number of rotatable bonds is 7. The highest BCUT2D eigenvalue weighted by molar-refractivity contribution is 9.10. The van der Waals surface area contributed by atoms with E-state index in [0.717, 1.165) is 54.2 Å². The Morgan fingerprint density at radius 2 is 0.864 bits per heavy atom. The molecule has 8 rings (SSSR count). The second-order valence-corrected chi connectivity index (χ2v) is 15.2. The van der Waals surface area contributed by atoms with E-state index in [4.69, 9.17) is 28.9 Å². The summed E-state index contributed by atoms with van der Waals surface area (Å²) < 4.78 is 4.12. The Bertz CT molecular complexity index is 2480. The van der Waals surface area contributed by atoms with Crippen LogP contribution >= 0.6 is 55.1 Å². The topological polar surface area (TPSA) is 84.7 Å². The summed E-state index contributed by atoms with van der Waals surface area (Å²) in [5.74, 6) is 1.66. The lowest BCUT2D eigenvalue weighted by Gasteiger charge is -2.10. The van der Waals surface area contributed by atoms with Gasteiger partial charge in [0.2, 0.25) is 0 Å². The normalized spacial score (nSPS) is 10.8. The summed E-state index contributed by atoms with van der Waals surface area (Å²) in [6.45, 7) is 0. The van der Waals surface area contributed by atoms with Gasteiger partial charge in [-0.1, -0.05) is 195 Å². The zero-order valence-corrected chi connectivity index (χ0v) is 37.0. The van der Waals surface area contributed by atoms with Crippen molar-refractivity contribution in [2.45, 2.75) is 0 Å². The zero-order chi connectivity index (χ0) is 41.8. The Morgan fingerprint density at radius 1 is 0.492 bits per heavy atom. The number of anilines is 2. The number of hydrogen-bond acceptors (Lipinski definition) is 6. The van der Waals surface area contributed by atoms with Gasteiger partial charge in [0.05, 0.1) is 0 Å². The maximum atomic E-state index is 6.06. The molecular formula is C48H41Br2Cl2N7. The largest absolute Gasteiger partial charge is 0.399 e. The first-order chi connectivity index (χ1) is 28.7. The fourth-order valence-corrected chi connectivity index (χ4v) is 6.07. The van der Waals surface area contributed by atoms with Crippen LogP contribution in [0.4, 0.5) is 11.4 Å². The van der Waals surface area contributed by atoms with Crippen LogP contribution in [0.15, 0.2) is 219 Å². The lowest BCUT2D eigenvalue weighted by atomic mass is 10.1. The second kappa shape index (κ2) is 23.5. The van der Waals surface area contributed by atoms with E-state index in [1.165, 1.54) is 5.69 Å². The number of aromatic nitrogens is 3. The van der Waals surface area contributed by atoms with E-state index in [2.05, 4.69) is 98.1 Å². The number of nitrogens with zero attached hydrogens (tertiary/aromatic N) is 6. The number of para-hydroxylation sites is 3. The van der Waals surface area contributed by atoms with Crippen LogP contribution in [0.3, 0.4) is 0 Å². The lowest BCUT2D eigenvalue weighted by molar-refractivity contribution is 1.07. The van der Waals surface area contributed by atoms with Crippen molar-refractivity contribution in [3.05, 3.63) is 220 Å². The predicted molar refractivity (Wildman–Crippen MR) is 257 cm³/mol. The molecule has 8 aromatic rings. The Hall–Kier alpha value is -5.84. The van der Waals surface area contributed by atoms with Gasteiger partial charge in [-0.2, -0.15) is 0 Å². The maximum absolute atomic E-state index is 6.06. The monoisotopic (exact) mass is 943 g/mol. The number of benzene rings is 7. The van der Waals surface area contributed by atoms with Gasteiger partial charge in [0.15, 0.2) is 22.0 Å². The van der Waals surface area contributed by atoms with Gasteiger partial charge in [-0.15, -0.1) is 20.4 Å². The second-order valence-electron chi connectivity index (χ2n) is 12.7. The quantitative estimate of drug-likeness (QED) is 0.0980. The summed E-state index contributed by atoms with van der Waals surface area (Å²) in [5.41, 5.74) is 12.1. The molecule has 0 aliphatic carbocycles. The van der Waals surface area contributed by atoms with Crippen LogP contribution in [0, 0.1) is 0 Å². The standard InChI is InChI=1S/C20H14BrN3.C14H9BrCl2N2.C8H11N.C6H7N/c21-17-13-11-16(12-14-17)20-23-22-19(15-7-3-1-4-8-15)24(20)18-9-5-2-6-10-18;15-12-8-6-11(7-9-12)14(17)19-18-13(16)10-4-2-1-3-5-10;1-9(2)8-6-4-3-5-7-8;7-6-4-2-1-3-5-6/h1-14H;1-9H;3-7H,1-2H3;1-5H,7H2/b;18-13-,19-14-;;. The molecule has 0 aliphatic rings. The van der Waals surface area contributed by atoms with Crippen molar-refractivity contribution in [1.82, 2.24) is 14.8 Å². The van der Waals surface area contributed by atoms with Gasteiger partial charge in [0.25, 0.3) is 0 Å². The van der Waals surface area contributed by atoms with E-state index in [9.17, 15) is 0 Å². The number of nitrogen functional groups attached to an aromatic ring is 1. The van der Waals surface area contributed by atoms with Gasteiger partial charge >= 0.3 is 0 Å². The molecule has 296 valence electrons. The SMILES string of the molecule is Brc1ccc(-c2nnc(-c3ccccc3)n2-c2ccccc2)cc1.CN(C)c1ccccc1.Cl/C(=N\N=C(/Cl)c1ccc(Br)cc1)c1ccccc1.Nc1ccccc1. The van der Waals surface area contributed by atoms with Crippen LogP contribution in [0.2, 0.25) is 0 Å². The van der Waals surface area contributed by atoms with Gasteiger partial charge in [0.1, 0.15) is 0 Å². The third kappa shape index (κ3) is 14.2. The minimum Gasteiger partial charge on any atom is -0.399 e. The highest BCUT2D eigenvalue weighted by atomic mass is 79.9. The molecule has 0 saturated carbocycles. The Morgan fingerprint density at radius 3 is 1.29 bits per heavy atom. The molecule has 0 atom stereocenters. The van der Waals surface area contributed by atoms with E-state index >= 15 is 0 Å². The Labute approximate surface area is 372 Å². The third-order valence-corrected chi connectivity index (χ3v) is 9.85. The molecule has 11 heteroatoms. The van der Waals surface area contributed by atoms with Crippen molar-refractivity contribution >= 4 is 76.8 Å². The summed E-state index contributed by atoms with van der Waals surface area (Å²) >= 11 is 18.9. The average Bonchev–Trinajstić information content (AvgIpc) is 3.73. The summed E-state index contributed by atoms with van der Waals surface area (Å²) in [6.07, 6.45) is 0. The fourth-order valence-electron chi connectivity index (χ4n) is 5.21. The van der Waals surface area contributed by atoms with E-state index in [1.54, 1.807) is 0 Å². The molecule has 0 amide bonds. The van der Waals surface area contributed by atoms with Crippen molar-refractivity contribution in [1.29, 1.82) is 0 Å². The van der Waals surface area contributed by atoms with E-state index < -0.39 is 0 Å². The maximum Gasteiger partial charge on any atom is 0.168 e. The molecule has 0 aliphatic heterocycles. The van der Waals surface area contributed by atoms with Crippen LogP contribution in [-0.4, -0.2) is 39.2 Å². The summed E-state index contributed by atoms with van der Waals surface area (Å²) in [4.78, 5) is 2.08. The van der Waals surface area contributed by atoms with E-state index in [0.29, 0.717) is 10.3 Å². The van der Waals surface area contributed by atoms with Crippen molar-refractivity contribution in [3.8, 4) is 28.5 Å². The van der Waals surface area contributed by atoms with Crippen LogP contribution in [0.25, 0.3) is 28.5 Å². The first kappa shape index (κ1) is 44.3. The molecule has 7 nitrogen and oxygen atoms in total. The van der Waals surface area contributed by atoms with Crippen molar-refractivity contribution in [3.63, 3.8) is 0 Å². The van der Waals surface area contributed by atoms with Gasteiger partial charge in [-0.05, 0) is 60.7 Å². The molecular weight excluding hydrogens is 905 g/mol. The summed E-state index contributed by atoms with van der Waals surface area (Å²) in [5, 5.41) is 17.4. The molecule has 59 heavy (non-hydrogen) atoms. The predicted octanol–water partition coefficient (Wildman–Crippen LogP) is 13.4. The van der Waals surface area contributed by atoms with Crippen molar-refractivity contribution in [2.24, 2.45) is 10.2 Å². The number of hydrogen-bond donors (Lipinski definition) is 1. The number of halogens is 4. The van der Waals surface area contributed by atoms with Crippen molar-refractivity contribution < 1.29 is 0 Å². The average molecular weight is 947 g/mol. The van der Waals surface area contributed by atoms with Crippen LogP contribution in [0.5, 0.6) is 0 Å². The molecule has 0 spiro atoms. The van der Waals surface area contributed by atoms with Crippen LogP contribution in [0.1, 0.15) is 11.1 Å². The van der Waals surface area contributed by atoms with Gasteiger partial charge < -0.3 is 10.6 Å². The van der Waals surface area contributed by atoms with E-state index in [1.807, 2.05) is 178 Å². The molecule has 0 unspecified atom stereocenters. The summed E-state index contributed by atoms with van der Waals surface area (Å²) in [6, 6.07) is 65.0. The Kier molecular flexibility index (Phi) is 17.7. The lowest BCUT2D eigenvalue weighted by Crippen LogP contribution is -2.07. The molecule has 1 aromatic heterocycles. The minimum absolute atomic E-state index is 0.293. The van der Waals surface area contributed by atoms with Crippen LogP contribution in [-0.2, 0) is 0 Å². The van der Waals surface area contributed by atoms with Crippen molar-refractivity contribution in [2.75, 3.05) is 24.7 Å². The Balaban J connectivity index is 0.000000167. The molecule has 1 heterocycles. The molecule has 0 saturated heterocycles. The molecule has 0 bridgehead atoms. The fraction of sp³-hybridized carbons (Fsp3) is 0.0417.